The molecule has 1 aromatic heterocycles. The van der Waals surface area contributed by atoms with Crippen LogP contribution < -0.4 is 10.4 Å². The fourth-order valence-corrected chi connectivity index (χ4v) is 6.47. The van der Waals surface area contributed by atoms with Crippen molar-refractivity contribution in [3.63, 3.8) is 0 Å². The van der Waals surface area contributed by atoms with E-state index < -0.39 is 18.3 Å². The second-order valence-electron chi connectivity index (χ2n) is 13.2. The average molecular weight is 614 g/mol. The molecule has 6 aromatic carbocycles. The second-order valence-corrected chi connectivity index (χ2v) is 13.2. The normalized spacial score (nSPS) is 15.4. The van der Waals surface area contributed by atoms with Crippen molar-refractivity contribution in [3.8, 4) is 22.3 Å². The van der Waals surface area contributed by atoms with E-state index in [-0.39, 0.29) is 0 Å². The van der Waals surface area contributed by atoms with Crippen molar-refractivity contribution in [1.29, 1.82) is 0 Å². The number of para-hydroxylation sites is 1. The third-order valence-electron chi connectivity index (χ3n) is 9.75. The van der Waals surface area contributed by atoms with Crippen LogP contribution in [0.25, 0.3) is 44.2 Å². The van der Waals surface area contributed by atoms with Gasteiger partial charge in [-0.05, 0) is 86.3 Å². The molecule has 47 heavy (non-hydrogen) atoms. The lowest BCUT2D eigenvalue weighted by Crippen LogP contribution is -2.41. The zero-order valence-electron chi connectivity index (χ0n) is 27.1. The Morgan fingerprint density at radius 1 is 0.489 bits per heavy atom. The molecule has 0 atom stereocenters. The molecule has 0 saturated carbocycles. The van der Waals surface area contributed by atoms with E-state index in [1.807, 2.05) is 24.3 Å². The van der Waals surface area contributed by atoms with Gasteiger partial charge in [-0.2, -0.15) is 0 Å². The number of hydrogen-bond donors (Lipinski definition) is 0. The fourth-order valence-electron chi connectivity index (χ4n) is 6.47. The smallest absolute Gasteiger partial charge is 0.456 e. The van der Waals surface area contributed by atoms with Crippen molar-refractivity contribution in [3.05, 3.63) is 146 Å². The molecule has 0 bridgehead atoms. The zero-order chi connectivity index (χ0) is 32.2. The summed E-state index contributed by atoms with van der Waals surface area (Å²) in [5.74, 6) is 0. The third kappa shape index (κ3) is 5.13. The largest absolute Gasteiger partial charge is 0.498 e. The Morgan fingerprint density at radius 3 is 1.49 bits per heavy atom. The Morgan fingerprint density at radius 2 is 0.957 bits per heavy atom. The summed E-state index contributed by atoms with van der Waals surface area (Å²) in [7, 11) is -0.555. The molecule has 0 amide bonds. The first kappa shape index (κ1) is 29.3. The van der Waals surface area contributed by atoms with Crippen molar-refractivity contribution in [2.45, 2.75) is 38.9 Å². The average Bonchev–Trinajstić information content (AvgIpc) is 3.59. The predicted molar refractivity (Wildman–Crippen MR) is 195 cm³/mol. The Kier molecular flexibility index (Phi) is 7.05. The molecule has 0 radical (unpaired) electrons. The molecule has 1 saturated heterocycles. The third-order valence-corrected chi connectivity index (χ3v) is 9.75. The highest BCUT2D eigenvalue weighted by atomic mass is 16.7. The minimum absolute atomic E-state index is 0.471. The maximum atomic E-state index is 6.66. The SMILES string of the molecule is CC1(C)OB(c2ccc(N(c3ccc(-c4ccccc4)cc3)c3ccc(-c4ccccc4)cc3)c3c2oc2ccccc23)OC1(C)C. The molecular formula is C42H36BNO3. The first-order valence-corrected chi connectivity index (χ1v) is 16.2. The summed E-state index contributed by atoms with van der Waals surface area (Å²) < 4.78 is 19.7. The zero-order valence-corrected chi connectivity index (χ0v) is 27.1. The van der Waals surface area contributed by atoms with Crippen LogP contribution in [-0.4, -0.2) is 18.3 Å². The van der Waals surface area contributed by atoms with Gasteiger partial charge in [-0.1, -0.05) is 109 Å². The lowest BCUT2D eigenvalue weighted by atomic mass is 9.77. The molecule has 0 unspecified atom stereocenters. The minimum Gasteiger partial charge on any atom is -0.456 e. The maximum absolute atomic E-state index is 6.66. The van der Waals surface area contributed by atoms with Crippen LogP contribution >= 0.6 is 0 Å². The summed E-state index contributed by atoms with van der Waals surface area (Å²) in [6.45, 7) is 8.32. The maximum Gasteiger partial charge on any atom is 0.498 e. The molecule has 4 nitrogen and oxygen atoms in total. The van der Waals surface area contributed by atoms with Crippen LogP contribution in [0.4, 0.5) is 17.1 Å². The number of nitrogens with zero attached hydrogens (tertiary/aromatic N) is 1. The molecule has 0 N–H and O–H groups in total. The van der Waals surface area contributed by atoms with Crippen LogP contribution in [-0.2, 0) is 9.31 Å². The van der Waals surface area contributed by atoms with E-state index in [4.69, 9.17) is 13.7 Å². The van der Waals surface area contributed by atoms with E-state index >= 15 is 0 Å². The Balaban J connectivity index is 1.32. The van der Waals surface area contributed by atoms with Gasteiger partial charge >= 0.3 is 7.12 Å². The summed E-state index contributed by atoms with van der Waals surface area (Å²) in [5.41, 5.74) is 9.37. The molecule has 7 aromatic rings. The van der Waals surface area contributed by atoms with Gasteiger partial charge in [-0.15, -0.1) is 0 Å². The van der Waals surface area contributed by atoms with Gasteiger partial charge in [0.2, 0.25) is 0 Å². The van der Waals surface area contributed by atoms with Gasteiger partial charge in [-0.3, -0.25) is 0 Å². The van der Waals surface area contributed by atoms with Gasteiger partial charge < -0.3 is 18.6 Å². The highest BCUT2D eigenvalue weighted by Gasteiger charge is 2.52. The number of fused-ring (bicyclic) bond motifs is 3. The highest BCUT2D eigenvalue weighted by molar-refractivity contribution is 6.65. The molecule has 230 valence electrons. The van der Waals surface area contributed by atoms with Gasteiger partial charge in [0.15, 0.2) is 0 Å². The van der Waals surface area contributed by atoms with E-state index in [0.717, 1.165) is 44.5 Å². The molecule has 8 rings (SSSR count). The quantitative estimate of drug-likeness (QED) is 0.175. The lowest BCUT2D eigenvalue weighted by Gasteiger charge is -2.32. The van der Waals surface area contributed by atoms with Crippen LogP contribution in [0, 0.1) is 0 Å². The lowest BCUT2D eigenvalue weighted by molar-refractivity contribution is 0.00578. The summed E-state index contributed by atoms with van der Waals surface area (Å²) in [5, 5.41) is 2.06. The Labute approximate surface area is 276 Å². The van der Waals surface area contributed by atoms with Crippen molar-refractivity contribution in [2.24, 2.45) is 0 Å². The van der Waals surface area contributed by atoms with Crippen LogP contribution in [0.5, 0.6) is 0 Å². The topological polar surface area (TPSA) is 34.8 Å². The summed E-state index contributed by atoms with van der Waals surface area (Å²) in [6, 6.07) is 51.1. The number of hydrogen-bond acceptors (Lipinski definition) is 4. The molecule has 1 fully saturated rings. The van der Waals surface area contributed by atoms with Crippen LogP contribution in [0.3, 0.4) is 0 Å². The van der Waals surface area contributed by atoms with Crippen LogP contribution in [0.15, 0.2) is 150 Å². The predicted octanol–water partition coefficient (Wildman–Crippen LogP) is 10.7. The van der Waals surface area contributed by atoms with Crippen molar-refractivity contribution >= 4 is 51.6 Å². The summed E-state index contributed by atoms with van der Waals surface area (Å²) >= 11 is 0. The molecular weight excluding hydrogens is 577 g/mol. The highest BCUT2D eigenvalue weighted by Crippen LogP contribution is 2.44. The molecule has 1 aliphatic rings. The number of benzene rings is 6. The number of furan rings is 1. The van der Waals surface area contributed by atoms with Gasteiger partial charge in [0.05, 0.1) is 22.3 Å². The standard InChI is InChI=1S/C42H36BNO3/c1-41(2)42(3,4)47-43(46-41)36-27-28-37(39-35-17-11-12-18-38(35)45-40(36)39)44(33-23-19-31(20-24-33)29-13-7-5-8-14-29)34-25-21-32(22-26-34)30-15-9-6-10-16-30/h5-28H,1-4H3. The molecule has 0 spiro atoms. The van der Waals surface area contributed by atoms with Gasteiger partial charge in [-0.25, -0.2) is 0 Å². The molecule has 1 aliphatic heterocycles. The van der Waals surface area contributed by atoms with Crippen LogP contribution in [0.2, 0.25) is 0 Å². The monoisotopic (exact) mass is 613 g/mol. The van der Waals surface area contributed by atoms with Crippen LogP contribution in [0.1, 0.15) is 27.7 Å². The summed E-state index contributed by atoms with van der Waals surface area (Å²) in [6.07, 6.45) is 0. The Hall–Kier alpha value is -5.10. The first-order chi connectivity index (χ1) is 22.8. The van der Waals surface area contributed by atoms with E-state index in [1.54, 1.807) is 0 Å². The van der Waals surface area contributed by atoms with Crippen molar-refractivity contribution < 1.29 is 13.7 Å². The summed E-state index contributed by atoms with van der Waals surface area (Å²) in [4.78, 5) is 2.32. The fraction of sp³-hybridized carbons (Fsp3) is 0.143. The molecule has 0 aliphatic carbocycles. The van der Waals surface area contributed by atoms with Gasteiger partial charge in [0.25, 0.3) is 0 Å². The van der Waals surface area contributed by atoms with Gasteiger partial charge in [0, 0.05) is 22.2 Å². The molecule has 5 heteroatoms. The number of rotatable bonds is 6. The second kappa shape index (κ2) is 11.3. The van der Waals surface area contributed by atoms with Crippen molar-refractivity contribution in [1.82, 2.24) is 0 Å². The van der Waals surface area contributed by atoms with E-state index in [2.05, 4.69) is 154 Å². The molecule has 2 heterocycles. The first-order valence-electron chi connectivity index (χ1n) is 16.2. The van der Waals surface area contributed by atoms with E-state index in [9.17, 15) is 0 Å². The Bertz CT molecular complexity index is 2090. The minimum atomic E-state index is -0.555. The van der Waals surface area contributed by atoms with Gasteiger partial charge in [0.1, 0.15) is 11.2 Å². The van der Waals surface area contributed by atoms with Crippen molar-refractivity contribution in [2.75, 3.05) is 4.90 Å². The van der Waals surface area contributed by atoms with E-state index in [0.29, 0.717) is 0 Å². The van der Waals surface area contributed by atoms with E-state index in [1.165, 1.54) is 22.3 Å². The number of anilines is 3.